The summed E-state index contributed by atoms with van der Waals surface area (Å²) in [6.45, 7) is 7.53. The topological polar surface area (TPSA) is 56.1 Å². The number of nitrogens with zero attached hydrogens (tertiary/aromatic N) is 2. The van der Waals surface area contributed by atoms with Gasteiger partial charge in [0.15, 0.2) is 0 Å². The van der Waals surface area contributed by atoms with E-state index in [1.54, 1.807) is 0 Å². The molecule has 0 fully saturated rings. The molecule has 0 aliphatic carbocycles. The van der Waals surface area contributed by atoms with Crippen LogP contribution in [0.15, 0.2) is 72.8 Å². The zero-order valence-corrected chi connectivity index (χ0v) is 19.5. The van der Waals surface area contributed by atoms with E-state index in [4.69, 9.17) is 9.72 Å². The van der Waals surface area contributed by atoms with E-state index in [2.05, 4.69) is 48.0 Å². The second-order valence-corrected chi connectivity index (χ2v) is 8.59. The Morgan fingerprint density at radius 3 is 2.45 bits per heavy atom. The average Bonchev–Trinajstić information content (AvgIpc) is 3.15. The second kappa shape index (κ2) is 10.3. The van der Waals surface area contributed by atoms with E-state index in [1.807, 2.05) is 55.5 Å². The van der Waals surface area contributed by atoms with E-state index in [1.165, 1.54) is 11.1 Å². The second-order valence-electron chi connectivity index (χ2n) is 8.59. The minimum absolute atomic E-state index is 0.00884. The maximum absolute atomic E-state index is 12.6. The summed E-state index contributed by atoms with van der Waals surface area (Å²) >= 11 is 0. The molecule has 170 valence electrons. The van der Waals surface area contributed by atoms with Gasteiger partial charge in [-0.3, -0.25) is 4.79 Å². The lowest BCUT2D eigenvalue weighted by Crippen LogP contribution is -2.30. The number of aryl methyl sites for hydroxylation is 3. The van der Waals surface area contributed by atoms with Crippen molar-refractivity contribution in [1.29, 1.82) is 0 Å². The normalized spacial score (nSPS) is 12.0. The zero-order valence-electron chi connectivity index (χ0n) is 19.5. The Morgan fingerprint density at radius 2 is 1.70 bits per heavy atom. The van der Waals surface area contributed by atoms with Crippen LogP contribution in [0.3, 0.4) is 0 Å². The standard InChI is InChI=1S/C28H31N3O2/c1-20-16-21(2)18-24(17-20)33-15-9-14-31-26-13-8-7-12-25(26)30-28(31)22(3)29-27(32)19-23-10-5-4-6-11-23/h4-8,10-13,16-18,22H,9,14-15,19H2,1-3H3,(H,29,32). The van der Waals surface area contributed by atoms with E-state index < -0.39 is 0 Å². The lowest BCUT2D eigenvalue weighted by molar-refractivity contribution is -0.121. The number of imidazole rings is 1. The maximum Gasteiger partial charge on any atom is 0.224 e. The summed E-state index contributed by atoms with van der Waals surface area (Å²) < 4.78 is 8.21. The lowest BCUT2D eigenvalue weighted by Gasteiger charge is -2.17. The molecule has 0 aliphatic heterocycles. The van der Waals surface area contributed by atoms with Gasteiger partial charge in [0.2, 0.25) is 5.91 Å². The molecule has 0 bridgehead atoms. The zero-order chi connectivity index (χ0) is 23.2. The van der Waals surface area contributed by atoms with Gasteiger partial charge in [-0.15, -0.1) is 0 Å². The molecule has 0 saturated carbocycles. The predicted octanol–water partition coefficient (Wildman–Crippen LogP) is 5.54. The van der Waals surface area contributed by atoms with Gasteiger partial charge < -0.3 is 14.6 Å². The van der Waals surface area contributed by atoms with Crippen LogP contribution in [0, 0.1) is 13.8 Å². The fourth-order valence-electron chi connectivity index (χ4n) is 4.23. The van der Waals surface area contributed by atoms with Crippen LogP contribution in [0.1, 0.15) is 41.9 Å². The number of benzene rings is 3. The number of fused-ring (bicyclic) bond motifs is 1. The van der Waals surface area contributed by atoms with Gasteiger partial charge in [-0.1, -0.05) is 48.5 Å². The number of ether oxygens (including phenoxy) is 1. The summed E-state index contributed by atoms with van der Waals surface area (Å²) in [4.78, 5) is 17.5. The summed E-state index contributed by atoms with van der Waals surface area (Å²) in [5.41, 5.74) is 5.41. The maximum atomic E-state index is 12.6. The van der Waals surface area contributed by atoms with Crippen molar-refractivity contribution in [2.24, 2.45) is 0 Å². The molecule has 3 aromatic carbocycles. The van der Waals surface area contributed by atoms with Gasteiger partial charge in [-0.2, -0.15) is 0 Å². The molecular formula is C28H31N3O2. The molecule has 1 atom stereocenters. The van der Waals surface area contributed by atoms with Gasteiger partial charge in [0.25, 0.3) is 0 Å². The van der Waals surface area contributed by atoms with Crippen LogP contribution in [0.25, 0.3) is 11.0 Å². The first-order valence-electron chi connectivity index (χ1n) is 11.5. The van der Waals surface area contributed by atoms with E-state index in [0.717, 1.165) is 41.1 Å². The summed E-state index contributed by atoms with van der Waals surface area (Å²) in [5, 5.41) is 3.12. The van der Waals surface area contributed by atoms with Crippen LogP contribution >= 0.6 is 0 Å². The highest BCUT2D eigenvalue weighted by Gasteiger charge is 2.18. The summed E-state index contributed by atoms with van der Waals surface area (Å²) in [6.07, 6.45) is 1.19. The van der Waals surface area contributed by atoms with Crippen molar-refractivity contribution in [3.05, 3.63) is 95.3 Å². The Labute approximate surface area is 195 Å². The smallest absolute Gasteiger partial charge is 0.224 e. The van der Waals surface area contributed by atoms with Crippen LogP contribution in [0.4, 0.5) is 0 Å². The van der Waals surface area contributed by atoms with Crippen molar-refractivity contribution in [2.75, 3.05) is 6.61 Å². The van der Waals surface area contributed by atoms with Crippen molar-refractivity contribution >= 4 is 16.9 Å². The van der Waals surface area contributed by atoms with Gasteiger partial charge in [-0.25, -0.2) is 4.98 Å². The number of nitrogens with one attached hydrogen (secondary N) is 1. The van der Waals surface area contributed by atoms with Gasteiger partial charge in [0.1, 0.15) is 11.6 Å². The van der Waals surface area contributed by atoms with E-state index in [9.17, 15) is 4.79 Å². The Bertz CT molecular complexity index is 1210. The van der Waals surface area contributed by atoms with Crippen molar-refractivity contribution in [3.63, 3.8) is 0 Å². The molecule has 1 heterocycles. The number of amides is 1. The van der Waals surface area contributed by atoms with Crippen LogP contribution < -0.4 is 10.1 Å². The molecule has 0 radical (unpaired) electrons. The molecule has 1 amide bonds. The quantitative estimate of drug-likeness (QED) is 0.347. The average molecular weight is 442 g/mol. The van der Waals surface area contributed by atoms with Crippen LogP contribution in [-0.2, 0) is 17.8 Å². The highest BCUT2D eigenvalue weighted by molar-refractivity contribution is 5.79. The van der Waals surface area contributed by atoms with Crippen LogP contribution in [0.2, 0.25) is 0 Å². The molecule has 5 heteroatoms. The van der Waals surface area contributed by atoms with E-state index >= 15 is 0 Å². The van der Waals surface area contributed by atoms with Gasteiger partial charge in [0, 0.05) is 6.54 Å². The van der Waals surface area contributed by atoms with E-state index in [0.29, 0.717) is 13.0 Å². The summed E-state index contributed by atoms with van der Waals surface area (Å²) in [5.74, 6) is 1.76. The first-order valence-corrected chi connectivity index (χ1v) is 11.5. The van der Waals surface area contributed by atoms with Crippen molar-refractivity contribution in [3.8, 4) is 5.75 Å². The fourth-order valence-corrected chi connectivity index (χ4v) is 4.23. The molecule has 1 aromatic heterocycles. The summed E-state index contributed by atoms with van der Waals surface area (Å²) in [6, 6.07) is 24.0. The minimum atomic E-state index is -0.200. The number of carbonyl (C=O) groups is 1. The van der Waals surface area contributed by atoms with Gasteiger partial charge in [0.05, 0.1) is 30.1 Å². The third-order valence-electron chi connectivity index (χ3n) is 5.65. The molecular weight excluding hydrogens is 410 g/mol. The third kappa shape index (κ3) is 5.80. The summed E-state index contributed by atoms with van der Waals surface area (Å²) in [7, 11) is 0. The molecule has 5 nitrogen and oxygen atoms in total. The van der Waals surface area contributed by atoms with Crippen LogP contribution in [-0.4, -0.2) is 22.1 Å². The number of carbonyl (C=O) groups excluding carboxylic acids is 1. The molecule has 33 heavy (non-hydrogen) atoms. The van der Waals surface area contributed by atoms with Crippen molar-refractivity contribution in [1.82, 2.24) is 14.9 Å². The first kappa shape index (κ1) is 22.6. The SMILES string of the molecule is Cc1cc(C)cc(OCCCn2c(C(C)NC(=O)Cc3ccccc3)nc3ccccc32)c1. The Hall–Kier alpha value is -3.60. The van der Waals surface area contributed by atoms with Crippen molar-refractivity contribution in [2.45, 2.75) is 46.2 Å². The third-order valence-corrected chi connectivity index (χ3v) is 5.65. The molecule has 0 saturated heterocycles. The van der Waals surface area contributed by atoms with E-state index in [-0.39, 0.29) is 11.9 Å². The number of para-hydroxylation sites is 2. The highest BCUT2D eigenvalue weighted by atomic mass is 16.5. The first-order chi connectivity index (χ1) is 16.0. The molecule has 1 N–H and O–H groups in total. The Morgan fingerprint density at radius 1 is 1.00 bits per heavy atom. The number of hydrogen-bond donors (Lipinski definition) is 1. The monoisotopic (exact) mass is 441 g/mol. The molecule has 0 spiro atoms. The van der Waals surface area contributed by atoms with Gasteiger partial charge in [-0.05, 0) is 68.1 Å². The molecule has 0 aliphatic rings. The molecule has 4 rings (SSSR count). The highest BCUT2D eigenvalue weighted by Crippen LogP contribution is 2.22. The predicted molar refractivity (Wildman–Crippen MR) is 132 cm³/mol. The molecule has 4 aromatic rings. The minimum Gasteiger partial charge on any atom is -0.494 e. The number of aromatic nitrogens is 2. The number of hydrogen-bond acceptors (Lipinski definition) is 3. The van der Waals surface area contributed by atoms with Gasteiger partial charge >= 0.3 is 0 Å². The van der Waals surface area contributed by atoms with Crippen molar-refractivity contribution < 1.29 is 9.53 Å². The van der Waals surface area contributed by atoms with Crippen LogP contribution in [0.5, 0.6) is 5.75 Å². The number of rotatable bonds is 9. The fraction of sp³-hybridized carbons (Fsp3) is 0.286. The Balaban J connectivity index is 1.44. The lowest BCUT2D eigenvalue weighted by atomic mass is 10.1. The largest absolute Gasteiger partial charge is 0.494 e. The Kier molecular flexibility index (Phi) is 7.08. The molecule has 1 unspecified atom stereocenters.